The van der Waals surface area contributed by atoms with Crippen molar-refractivity contribution in [1.82, 2.24) is 4.90 Å². The molecule has 0 aromatic heterocycles. The van der Waals surface area contributed by atoms with Crippen LogP contribution in [0.3, 0.4) is 0 Å². The summed E-state index contributed by atoms with van der Waals surface area (Å²) in [4.78, 5) is 36.0. The van der Waals surface area contributed by atoms with Gasteiger partial charge in [-0.15, -0.1) is 0 Å². The maximum Gasteiger partial charge on any atom is 0.260 e. The Labute approximate surface area is 99.2 Å². The van der Waals surface area contributed by atoms with Crippen molar-refractivity contribution in [1.29, 1.82) is 0 Å². The topological polar surface area (TPSA) is 54.5 Å². The van der Waals surface area contributed by atoms with Gasteiger partial charge in [0.15, 0.2) is 5.78 Å². The third-order valence-electron chi connectivity index (χ3n) is 3.00. The van der Waals surface area contributed by atoms with E-state index in [1.165, 1.54) is 7.05 Å². The van der Waals surface area contributed by atoms with Crippen LogP contribution in [0.15, 0.2) is 18.2 Å². The summed E-state index contributed by atoms with van der Waals surface area (Å²) in [5.74, 6) is -0.542. The molecule has 88 valence electrons. The maximum atomic E-state index is 11.9. The second-order valence-electron chi connectivity index (χ2n) is 4.08. The quantitative estimate of drug-likeness (QED) is 0.571. The number of Topliss-reactive ketones (excluding diaryl/α,β-unsaturated/α-hetero) is 1. The molecule has 0 aliphatic carbocycles. The lowest BCUT2D eigenvalue weighted by Gasteiger charge is -2.23. The molecule has 4 nitrogen and oxygen atoms in total. The highest BCUT2D eigenvalue weighted by Gasteiger charge is 2.28. The first-order valence-electron chi connectivity index (χ1n) is 5.51. The molecule has 1 aliphatic heterocycles. The number of nitrogens with zero attached hydrogens (tertiary/aromatic N) is 1. The third kappa shape index (κ3) is 1.86. The van der Waals surface area contributed by atoms with Gasteiger partial charge in [-0.25, -0.2) is 0 Å². The molecular weight excluding hydrogens is 218 g/mol. The Hall–Kier alpha value is -1.97. The minimum atomic E-state index is -0.331. The van der Waals surface area contributed by atoms with E-state index >= 15 is 0 Å². The molecule has 0 atom stereocenters. The van der Waals surface area contributed by atoms with Crippen molar-refractivity contribution in [2.75, 3.05) is 7.05 Å². The molecule has 0 unspecified atom stereocenters. The second kappa shape index (κ2) is 4.13. The smallest absolute Gasteiger partial charge is 0.260 e. The number of rotatable bonds is 2. The van der Waals surface area contributed by atoms with Gasteiger partial charge >= 0.3 is 0 Å². The number of likely N-dealkylation sites (N-methyl/N-ethyl adjacent to an activating group) is 1. The highest BCUT2D eigenvalue weighted by Crippen LogP contribution is 2.21. The fourth-order valence-electron chi connectivity index (χ4n) is 1.88. The van der Waals surface area contributed by atoms with Crippen molar-refractivity contribution in [3.8, 4) is 0 Å². The Balaban J connectivity index is 2.49. The van der Waals surface area contributed by atoms with Crippen LogP contribution >= 0.6 is 0 Å². The highest BCUT2D eigenvalue weighted by atomic mass is 16.2. The fraction of sp³-hybridized carbons (Fsp3) is 0.308. The predicted octanol–water partition coefficient (Wildman–Crippen LogP) is 1.43. The van der Waals surface area contributed by atoms with Gasteiger partial charge in [0.1, 0.15) is 0 Å². The first-order chi connectivity index (χ1) is 8.04. The summed E-state index contributed by atoms with van der Waals surface area (Å²) in [6.45, 7) is 1.78. The lowest BCUT2D eigenvalue weighted by molar-refractivity contribution is -0.127. The normalized spacial score (nSPS) is 14.8. The van der Waals surface area contributed by atoms with Gasteiger partial charge in [0.2, 0.25) is 5.91 Å². The van der Waals surface area contributed by atoms with Gasteiger partial charge < -0.3 is 0 Å². The van der Waals surface area contributed by atoms with E-state index < -0.39 is 0 Å². The van der Waals surface area contributed by atoms with Gasteiger partial charge in [-0.2, -0.15) is 0 Å². The Bertz CT molecular complexity index is 519. The Kier molecular flexibility index (Phi) is 2.79. The number of amides is 2. The van der Waals surface area contributed by atoms with Gasteiger partial charge in [0.05, 0.1) is 6.42 Å². The minimum Gasteiger partial charge on any atom is -0.294 e. The molecule has 0 N–H and O–H groups in total. The average Bonchev–Trinajstić information content (AvgIpc) is 2.35. The molecule has 0 saturated heterocycles. The molecule has 4 heteroatoms. The molecule has 1 heterocycles. The van der Waals surface area contributed by atoms with E-state index in [0.29, 0.717) is 23.1 Å². The summed E-state index contributed by atoms with van der Waals surface area (Å²) in [6.07, 6.45) is 0.625. The summed E-state index contributed by atoms with van der Waals surface area (Å²) < 4.78 is 0. The Morgan fingerprint density at radius 1 is 1.35 bits per heavy atom. The van der Waals surface area contributed by atoms with Crippen LogP contribution in [0.4, 0.5) is 0 Å². The largest absolute Gasteiger partial charge is 0.294 e. The summed E-state index contributed by atoms with van der Waals surface area (Å²) in [5.41, 5.74) is 1.69. The SMILES string of the molecule is CCC(=O)c1ccc2c(c1)C(=O)N(C)C(=O)C2. The molecule has 2 rings (SSSR count). The van der Waals surface area contributed by atoms with Crippen LogP contribution < -0.4 is 0 Å². The van der Waals surface area contributed by atoms with Crippen molar-refractivity contribution < 1.29 is 14.4 Å². The van der Waals surface area contributed by atoms with E-state index in [1.54, 1.807) is 25.1 Å². The van der Waals surface area contributed by atoms with Crippen molar-refractivity contribution in [3.05, 3.63) is 34.9 Å². The number of hydrogen-bond donors (Lipinski definition) is 0. The van der Waals surface area contributed by atoms with E-state index in [0.717, 1.165) is 4.90 Å². The number of fused-ring (bicyclic) bond motifs is 1. The van der Waals surface area contributed by atoms with Gasteiger partial charge in [-0.3, -0.25) is 19.3 Å². The van der Waals surface area contributed by atoms with E-state index in [9.17, 15) is 14.4 Å². The van der Waals surface area contributed by atoms with Crippen LogP contribution in [0.1, 0.15) is 39.6 Å². The monoisotopic (exact) mass is 231 g/mol. The molecule has 0 bridgehead atoms. The number of hydrogen-bond acceptors (Lipinski definition) is 3. The zero-order chi connectivity index (χ0) is 12.6. The summed E-state index contributed by atoms with van der Waals surface area (Å²) in [6, 6.07) is 4.96. The van der Waals surface area contributed by atoms with E-state index in [1.807, 2.05) is 0 Å². The summed E-state index contributed by atoms with van der Waals surface area (Å²) >= 11 is 0. The molecule has 1 aromatic rings. The van der Waals surface area contributed by atoms with E-state index in [-0.39, 0.29) is 24.0 Å². The van der Waals surface area contributed by atoms with Crippen LogP contribution in [0, 0.1) is 0 Å². The van der Waals surface area contributed by atoms with Gasteiger partial charge in [0.25, 0.3) is 5.91 Å². The van der Waals surface area contributed by atoms with Crippen molar-refractivity contribution in [2.24, 2.45) is 0 Å². The predicted molar refractivity (Wildman–Crippen MR) is 61.9 cm³/mol. The lowest BCUT2D eigenvalue weighted by atomic mass is 9.95. The molecular formula is C13H13NO3. The number of imide groups is 1. The first kappa shape index (κ1) is 11.5. The maximum absolute atomic E-state index is 11.9. The molecule has 2 amide bonds. The second-order valence-corrected chi connectivity index (χ2v) is 4.08. The standard InChI is InChI=1S/C13H13NO3/c1-3-11(15)9-5-4-8-7-12(16)14(2)13(17)10(8)6-9/h4-6H,3,7H2,1-2H3. The average molecular weight is 231 g/mol. The van der Waals surface area contributed by atoms with Crippen LogP contribution in [-0.4, -0.2) is 29.5 Å². The molecule has 0 spiro atoms. The molecule has 0 saturated carbocycles. The van der Waals surface area contributed by atoms with Crippen molar-refractivity contribution in [2.45, 2.75) is 19.8 Å². The molecule has 0 fully saturated rings. The number of carbonyl (C=O) groups excluding carboxylic acids is 3. The molecule has 1 aromatic carbocycles. The zero-order valence-electron chi connectivity index (χ0n) is 9.82. The van der Waals surface area contributed by atoms with Crippen LogP contribution in [0.5, 0.6) is 0 Å². The summed E-state index contributed by atoms with van der Waals surface area (Å²) in [7, 11) is 1.46. The highest BCUT2D eigenvalue weighted by molar-refractivity contribution is 6.10. The molecule has 1 aliphatic rings. The van der Waals surface area contributed by atoms with Gasteiger partial charge in [-0.1, -0.05) is 19.1 Å². The Morgan fingerprint density at radius 2 is 2.06 bits per heavy atom. The fourth-order valence-corrected chi connectivity index (χ4v) is 1.88. The number of ketones is 1. The van der Waals surface area contributed by atoms with Crippen molar-refractivity contribution >= 4 is 17.6 Å². The van der Waals surface area contributed by atoms with E-state index in [4.69, 9.17) is 0 Å². The van der Waals surface area contributed by atoms with Gasteiger partial charge in [-0.05, 0) is 11.6 Å². The van der Waals surface area contributed by atoms with Crippen LogP contribution in [-0.2, 0) is 11.2 Å². The van der Waals surface area contributed by atoms with E-state index in [2.05, 4.69) is 0 Å². The molecule has 0 radical (unpaired) electrons. The first-order valence-corrected chi connectivity index (χ1v) is 5.51. The minimum absolute atomic E-state index is 0.000142. The van der Waals surface area contributed by atoms with Crippen LogP contribution in [0.25, 0.3) is 0 Å². The third-order valence-corrected chi connectivity index (χ3v) is 3.00. The lowest BCUT2D eigenvalue weighted by Crippen LogP contribution is -2.39. The zero-order valence-corrected chi connectivity index (χ0v) is 9.82. The van der Waals surface area contributed by atoms with Crippen molar-refractivity contribution in [3.63, 3.8) is 0 Å². The van der Waals surface area contributed by atoms with Gasteiger partial charge in [0, 0.05) is 24.6 Å². The number of benzene rings is 1. The Morgan fingerprint density at radius 3 is 2.71 bits per heavy atom. The summed E-state index contributed by atoms with van der Waals surface area (Å²) in [5, 5.41) is 0. The number of carbonyl (C=O) groups is 3. The molecule has 17 heavy (non-hydrogen) atoms. The van der Waals surface area contributed by atoms with Crippen LogP contribution in [0.2, 0.25) is 0 Å².